The van der Waals surface area contributed by atoms with E-state index in [1.807, 2.05) is 0 Å². The van der Waals surface area contributed by atoms with Gasteiger partial charge >= 0.3 is 17.9 Å². The largest absolute Gasteiger partial charge is 0.458 e. The fourth-order valence-electron chi connectivity index (χ4n) is 2.85. The van der Waals surface area contributed by atoms with Crippen molar-refractivity contribution in [3.05, 3.63) is 107 Å². The summed E-state index contributed by atoms with van der Waals surface area (Å²) < 4.78 is 16.0. The first kappa shape index (κ1) is 23.4. The van der Waals surface area contributed by atoms with Gasteiger partial charge in [-0.2, -0.15) is 0 Å². The second-order valence-electron chi connectivity index (χ2n) is 7.09. The van der Waals surface area contributed by atoms with Crippen LogP contribution in [0, 0.1) is 0 Å². The fourth-order valence-corrected chi connectivity index (χ4v) is 2.85. The van der Waals surface area contributed by atoms with E-state index < -0.39 is 24.0 Å². The first-order valence-corrected chi connectivity index (χ1v) is 10.2. The lowest BCUT2D eigenvalue weighted by atomic mass is 10.1. The van der Waals surface area contributed by atoms with Gasteiger partial charge in [0.25, 0.3) is 0 Å². The first-order chi connectivity index (χ1) is 15.9. The monoisotopic (exact) mass is 446 g/mol. The van der Waals surface area contributed by atoms with Gasteiger partial charge in [0.2, 0.25) is 0 Å². The van der Waals surface area contributed by atoms with Crippen molar-refractivity contribution in [2.75, 3.05) is 13.2 Å². The van der Waals surface area contributed by atoms with E-state index >= 15 is 0 Å². The van der Waals surface area contributed by atoms with Gasteiger partial charge in [-0.15, -0.1) is 0 Å². The molecule has 0 amide bonds. The average Bonchev–Trinajstić information content (AvgIpc) is 2.86. The molecule has 0 aromatic heterocycles. The zero-order valence-electron chi connectivity index (χ0n) is 17.9. The molecule has 3 rings (SSSR count). The average molecular weight is 446 g/mol. The predicted molar refractivity (Wildman–Crippen MR) is 119 cm³/mol. The van der Waals surface area contributed by atoms with Gasteiger partial charge in [-0.1, -0.05) is 48.5 Å². The molecule has 1 unspecified atom stereocenters. The molecule has 0 saturated heterocycles. The summed E-state index contributed by atoms with van der Waals surface area (Å²) in [6, 6.07) is 22.7. The molecule has 0 N–H and O–H groups in total. The number of carbonyl (C=O) groups is 4. The third-order valence-electron chi connectivity index (χ3n) is 4.60. The Labute approximate surface area is 190 Å². The molecule has 7 nitrogen and oxygen atoms in total. The van der Waals surface area contributed by atoms with Crippen molar-refractivity contribution < 1.29 is 33.4 Å². The van der Waals surface area contributed by atoms with Crippen molar-refractivity contribution in [1.82, 2.24) is 0 Å². The van der Waals surface area contributed by atoms with Crippen molar-refractivity contribution in [2.24, 2.45) is 0 Å². The van der Waals surface area contributed by atoms with E-state index in [9.17, 15) is 19.2 Å². The van der Waals surface area contributed by atoms with E-state index in [-0.39, 0.29) is 24.6 Å². The summed E-state index contributed by atoms with van der Waals surface area (Å²) in [5.41, 5.74) is 1.19. The second kappa shape index (κ2) is 11.4. The van der Waals surface area contributed by atoms with Gasteiger partial charge in [0.05, 0.1) is 16.7 Å². The first-order valence-electron chi connectivity index (χ1n) is 10.2. The van der Waals surface area contributed by atoms with Gasteiger partial charge in [0, 0.05) is 5.56 Å². The quantitative estimate of drug-likeness (QED) is 0.277. The maximum Gasteiger partial charge on any atom is 0.338 e. The van der Waals surface area contributed by atoms with Crippen LogP contribution in [0.5, 0.6) is 0 Å². The zero-order chi connectivity index (χ0) is 23.6. The van der Waals surface area contributed by atoms with Gasteiger partial charge in [-0.05, 0) is 43.3 Å². The molecule has 168 valence electrons. The van der Waals surface area contributed by atoms with E-state index in [1.165, 1.54) is 19.1 Å². The molecule has 0 heterocycles. The van der Waals surface area contributed by atoms with E-state index in [0.29, 0.717) is 16.7 Å². The minimum atomic E-state index is -1.04. The highest BCUT2D eigenvalue weighted by Crippen LogP contribution is 2.11. The van der Waals surface area contributed by atoms with Crippen LogP contribution in [-0.4, -0.2) is 43.0 Å². The van der Waals surface area contributed by atoms with Crippen LogP contribution in [0.1, 0.15) is 48.4 Å². The standard InChI is InChI=1S/C26H22O7/c1-18(27)21-13-8-14-22(15-21)25(29)32-17-23(33-26(30)20-11-6-3-7-12-20)16-31-24(28)19-9-4-2-5-10-19/h2-15,23H,16-17H2,1H3. The number of rotatable bonds is 9. The van der Waals surface area contributed by atoms with Crippen LogP contribution in [-0.2, 0) is 14.2 Å². The molecule has 0 aliphatic rings. The smallest absolute Gasteiger partial charge is 0.338 e. The maximum atomic E-state index is 12.5. The summed E-state index contributed by atoms with van der Waals surface area (Å²) in [7, 11) is 0. The van der Waals surface area contributed by atoms with Gasteiger partial charge in [0.15, 0.2) is 11.9 Å². The molecule has 0 spiro atoms. The number of hydrogen-bond acceptors (Lipinski definition) is 7. The Balaban J connectivity index is 1.67. The molecule has 0 fully saturated rings. The molecule has 0 bridgehead atoms. The number of benzene rings is 3. The summed E-state index contributed by atoms with van der Waals surface area (Å²) in [4.78, 5) is 48.7. The van der Waals surface area contributed by atoms with Gasteiger partial charge in [0.1, 0.15) is 13.2 Å². The molecular weight excluding hydrogens is 424 g/mol. The minimum Gasteiger partial charge on any atom is -0.458 e. The van der Waals surface area contributed by atoms with E-state index in [0.717, 1.165) is 0 Å². The lowest BCUT2D eigenvalue weighted by Gasteiger charge is -2.18. The van der Waals surface area contributed by atoms with Crippen LogP contribution in [0.4, 0.5) is 0 Å². The van der Waals surface area contributed by atoms with Crippen molar-refractivity contribution in [3.63, 3.8) is 0 Å². The molecule has 3 aromatic rings. The highest BCUT2D eigenvalue weighted by molar-refractivity contribution is 5.97. The lowest BCUT2D eigenvalue weighted by molar-refractivity contribution is -0.0253. The summed E-state index contributed by atoms with van der Waals surface area (Å²) >= 11 is 0. The van der Waals surface area contributed by atoms with Gasteiger partial charge in [-0.3, -0.25) is 4.79 Å². The molecule has 0 saturated carbocycles. The molecule has 1 atom stereocenters. The SMILES string of the molecule is CC(=O)c1cccc(C(=O)OCC(COC(=O)c2ccccc2)OC(=O)c2ccccc2)c1. The Hall–Kier alpha value is -4.26. The van der Waals surface area contributed by atoms with Crippen molar-refractivity contribution in [1.29, 1.82) is 0 Å². The Morgan fingerprint density at radius 1 is 0.606 bits per heavy atom. The summed E-state index contributed by atoms with van der Waals surface area (Å²) in [6.07, 6.45) is -1.04. The molecule has 0 aliphatic heterocycles. The number of ether oxygens (including phenoxy) is 3. The summed E-state index contributed by atoms with van der Waals surface area (Å²) in [6.45, 7) is 0.738. The molecule has 0 aliphatic carbocycles. The van der Waals surface area contributed by atoms with Crippen LogP contribution < -0.4 is 0 Å². The molecule has 0 radical (unpaired) electrons. The highest BCUT2D eigenvalue weighted by Gasteiger charge is 2.21. The molecule has 33 heavy (non-hydrogen) atoms. The Kier molecular flexibility index (Phi) is 8.07. The molecular formula is C26H22O7. The molecule has 3 aromatic carbocycles. The zero-order valence-corrected chi connectivity index (χ0v) is 17.9. The van der Waals surface area contributed by atoms with Crippen molar-refractivity contribution in [3.8, 4) is 0 Å². The Bertz CT molecular complexity index is 1120. The van der Waals surface area contributed by atoms with Gasteiger partial charge < -0.3 is 14.2 Å². The van der Waals surface area contributed by atoms with Crippen molar-refractivity contribution >= 4 is 23.7 Å². The number of ketones is 1. The van der Waals surface area contributed by atoms with Crippen LogP contribution in [0.25, 0.3) is 0 Å². The second-order valence-corrected chi connectivity index (χ2v) is 7.09. The third kappa shape index (κ3) is 6.87. The topological polar surface area (TPSA) is 96.0 Å². The van der Waals surface area contributed by atoms with Crippen molar-refractivity contribution in [2.45, 2.75) is 13.0 Å². The Morgan fingerprint density at radius 2 is 1.06 bits per heavy atom. The normalized spacial score (nSPS) is 11.2. The number of carbonyl (C=O) groups excluding carboxylic acids is 4. The third-order valence-corrected chi connectivity index (χ3v) is 4.60. The van der Waals surface area contributed by atoms with E-state index in [4.69, 9.17) is 14.2 Å². The number of Topliss-reactive ketones (excluding diaryl/α,β-unsaturated/α-hetero) is 1. The predicted octanol–water partition coefficient (Wildman–Crippen LogP) is 4.13. The number of esters is 3. The maximum absolute atomic E-state index is 12.5. The summed E-state index contributed by atoms with van der Waals surface area (Å²) in [5, 5.41) is 0. The van der Waals surface area contributed by atoms with E-state index in [1.54, 1.807) is 72.8 Å². The number of hydrogen-bond donors (Lipinski definition) is 0. The van der Waals surface area contributed by atoms with Crippen LogP contribution in [0.15, 0.2) is 84.9 Å². The van der Waals surface area contributed by atoms with Crippen LogP contribution in [0.3, 0.4) is 0 Å². The fraction of sp³-hybridized carbons (Fsp3) is 0.154. The van der Waals surface area contributed by atoms with E-state index in [2.05, 4.69) is 0 Å². The Morgan fingerprint density at radius 3 is 1.61 bits per heavy atom. The molecule has 7 heteroatoms. The van der Waals surface area contributed by atoms with Crippen LogP contribution in [0.2, 0.25) is 0 Å². The minimum absolute atomic E-state index is 0.178. The summed E-state index contributed by atoms with van der Waals surface area (Å²) in [5.74, 6) is -2.14. The lowest BCUT2D eigenvalue weighted by Crippen LogP contribution is -2.31. The highest BCUT2D eigenvalue weighted by atomic mass is 16.6. The van der Waals surface area contributed by atoms with Gasteiger partial charge in [-0.25, -0.2) is 14.4 Å². The van der Waals surface area contributed by atoms with Crippen LogP contribution >= 0.6 is 0 Å².